The van der Waals surface area contributed by atoms with Crippen LogP contribution in [0.2, 0.25) is 0 Å². The first-order valence-electron chi connectivity index (χ1n) is 5.26. The summed E-state index contributed by atoms with van der Waals surface area (Å²) in [4.78, 5) is 10.1. The van der Waals surface area contributed by atoms with Crippen LogP contribution in [0.25, 0.3) is 0 Å². The van der Waals surface area contributed by atoms with Gasteiger partial charge in [-0.15, -0.1) is 11.6 Å². The molecule has 0 atom stereocenters. The first-order valence-corrected chi connectivity index (χ1v) is 7.45. The second-order valence-corrected chi connectivity index (χ2v) is 5.81. The first kappa shape index (κ1) is 14.7. The van der Waals surface area contributed by atoms with E-state index in [-0.39, 0.29) is 17.1 Å². The average Bonchev–Trinajstić information content (AvgIpc) is 2.29. The molecule has 1 aromatic rings. The number of halogens is 1. The summed E-state index contributed by atoms with van der Waals surface area (Å²) >= 11 is 5.45. The number of nitro benzene ring substituents is 1. The Morgan fingerprint density at radius 1 is 1.28 bits per heavy atom. The van der Waals surface area contributed by atoms with Crippen LogP contribution in [0.1, 0.15) is 12.8 Å². The molecular formula is C10H13ClN2O4S. The predicted octanol–water partition coefficient (Wildman–Crippen LogP) is 2.36. The largest absolute Gasteiger partial charge is 0.293 e. The van der Waals surface area contributed by atoms with Crippen LogP contribution in [0.3, 0.4) is 0 Å². The van der Waals surface area contributed by atoms with Crippen LogP contribution in [0.4, 0.5) is 11.4 Å². The van der Waals surface area contributed by atoms with E-state index in [2.05, 4.69) is 4.72 Å². The Morgan fingerprint density at radius 2 is 1.94 bits per heavy atom. The van der Waals surface area contributed by atoms with Gasteiger partial charge < -0.3 is 0 Å². The Hall–Kier alpha value is -1.34. The van der Waals surface area contributed by atoms with Crippen molar-refractivity contribution in [3.8, 4) is 0 Å². The molecule has 0 saturated carbocycles. The van der Waals surface area contributed by atoms with E-state index in [1.54, 1.807) is 0 Å². The molecule has 0 heterocycles. The summed E-state index contributed by atoms with van der Waals surface area (Å²) in [5, 5.41) is 10.7. The van der Waals surface area contributed by atoms with Crippen LogP contribution in [0, 0.1) is 10.1 Å². The normalized spacial score (nSPS) is 11.2. The summed E-state index contributed by atoms with van der Waals surface area (Å²) in [6, 6.07) is 5.61. The van der Waals surface area contributed by atoms with Crippen molar-refractivity contribution in [3.05, 3.63) is 34.4 Å². The highest BCUT2D eigenvalue weighted by Gasteiger charge is 2.17. The SMILES string of the molecule is O=[N+]([O-])c1ccccc1NS(=O)(=O)CCCCCl. The van der Waals surface area contributed by atoms with Gasteiger partial charge >= 0.3 is 0 Å². The minimum Gasteiger partial charge on any atom is -0.277 e. The number of para-hydroxylation sites is 2. The molecule has 1 rings (SSSR count). The summed E-state index contributed by atoms with van der Waals surface area (Å²) in [5.41, 5.74) is -0.285. The van der Waals surface area contributed by atoms with Gasteiger partial charge in [-0.1, -0.05) is 12.1 Å². The second kappa shape index (κ2) is 6.55. The topological polar surface area (TPSA) is 89.3 Å². The summed E-state index contributed by atoms with van der Waals surface area (Å²) < 4.78 is 25.6. The number of nitrogens with zero attached hydrogens (tertiary/aromatic N) is 1. The summed E-state index contributed by atoms with van der Waals surface area (Å²) in [6.07, 6.45) is 0.999. The van der Waals surface area contributed by atoms with Crippen LogP contribution >= 0.6 is 11.6 Å². The van der Waals surface area contributed by atoms with Crippen molar-refractivity contribution in [3.63, 3.8) is 0 Å². The van der Waals surface area contributed by atoms with E-state index in [1.807, 2.05) is 0 Å². The number of hydrogen-bond acceptors (Lipinski definition) is 4. The van der Waals surface area contributed by atoms with E-state index < -0.39 is 14.9 Å². The highest BCUT2D eigenvalue weighted by Crippen LogP contribution is 2.24. The molecule has 0 aromatic heterocycles. The molecule has 0 aliphatic heterocycles. The zero-order valence-electron chi connectivity index (χ0n) is 9.50. The summed E-state index contributed by atoms with van der Waals surface area (Å²) in [5.74, 6) is 0.284. The third kappa shape index (κ3) is 4.50. The lowest BCUT2D eigenvalue weighted by molar-refractivity contribution is -0.383. The van der Waals surface area contributed by atoms with E-state index in [4.69, 9.17) is 11.6 Å². The average molecular weight is 293 g/mol. The van der Waals surface area contributed by atoms with Gasteiger partial charge in [0, 0.05) is 11.9 Å². The van der Waals surface area contributed by atoms with Crippen molar-refractivity contribution >= 4 is 33.0 Å². The number of rotatable bonds is 7. The van der Waals surface area contributed by atoms with Crippen molar-refractivity contribution in [2.75, 3.05) is 16.4 Å². The van der Waals surface area contributed by atoms with Gasteiger partial charge in [0.25, 0.3) is 5.69 Å². The van der Waals surface area contributed by atoms with E-state index in [0.29, 0.717) is 18.7 Å². The van der Waals surface area contributed by atoms with E-state index >= 15 is 0 Å². The summed E-state index contributed by atoms with van der Waals surface area (Å²) in [7, 11) is -3.58. The maximum absolute atomic E-state index is 11.7. The third-order valence-corrected chi connectivity index (χ3v) is 3.79. The predicted molar refractivity (Wildman–Crippen MR) is 70.5 cm³/mol. The first-order chi connectivity index (χ1) is 8.46. The zero-order chi connectivity index (χ0) is 13.6. The number of anilines is 1. The number of nitrogens with one attached hydrogen (secondary N) is 1. The Kier molecular flexibility index (Phi) is 5.36. The molecule has 0 unspecified atom stereocenters. The molecule has 6 nitrogen and oxygen atoms in total. The fourth-order valence-corrected chi connectivity index (χ4v) is 2.71. The maximum atomic E-state index is 11.7. The van der Waals surface area contributed by atoms with Crippen molar-refractivity contribution in [2.45, 2.75) is 12.8 Å². The molecule has 100 valence electrons. The van der Waals surface area contributed by atoms with Gasteiger partial charge in [0.15, 0.2) is 0 Å². The fourth-order valence-electron chi connectivity index (χ4n) is 1.32. The van der Waals surface area contributed by atoms with Gasteiger partial charge in [0.1, 0.15) is 5.69 Å². The molecule has 1 N–H and O–H groups in total. The molecule has 0 radical (unpaired) electrons. The number of nitro groups is 1. The van der Waals surface area contributed by atoms with Crippen molar-refractivity contribution in [1.29, 1.82) is 0 Å². The molecule has 1 aromatic carbocycles. The van der Waals surface area contributed by atoms with Gasteiger partial charge in [-0.3, -0.25) is 14.8 Å². The van der Waals surface area contributed by atoms with Gasteiger partial charge in [-0.05, 0) is 18.9 Å². The number of sulfonamides is 1. The van der Waals surface area contributed by atoms with Crippen molar-refractivity contribution in [2.24, 2.45) is 0 Å². The minimum atomic E-state index is -3.58. The molecule has 0 fully saturated rings. The lowest BCUT2D eigenvalue weighted by atomic mass is 10.3. The molecule has 0 aliphatic carbocycles. The minimum absolute atomic E-state index is 0.0200. The highest BCUT2D eigenvalue weighted by atomic mass is 35.5. The number of benzene rings is 1. The van der Waals surface area contributed by atoms with Crippen LogP contribution < -0.4 is 4.72 Å². The van der Waals surface area contributed by atoms with Gasteiger partial charge in [0.05, 0.1) is 10.7 Å². The second-order valence-electron chi connectivity index (χ2n) is 3.59. The van der Waals surface area contributed by atoms with Gasteiger partial charge in [-0.2, -0.15) is 0 Å². The van der Waals surface area contributed by atoms with Crippen LogP contribution in [-0.4, -0.2) is 25.0 Å². The molecule has 8 heteroatoms. The Labute approximate surface area is 110 Å². The Bertz CT molecular complexity index is 518. The molecule has 18 heavy (non-hydrogen) atoms. The number of alkyl halides is 1. The molecule has 0 spiro atoms. The van der Waals surface area contributed by atoms with E-state index in [0.717, 1.165) is 0 Å². The Morgan fingerprint density at radius 3 is 2.56 bits per heavy atom. The fraction of sp³-hybridized carbons (Fsp3) is 0.400. The standard InChI is InChI=1S/C10H13ClN2O4S/c11-7-3-4-8-18(16,17)12-9-5-1-2-6-10(9)13(14)15/h1-2,5-6,12H,3-4,7-8H2. The molecule has 0 amide bonds. The van der Waals surface area contributed by atoms with Crippen LogP contribution in [0.5, 0.6) is 0 Å². The van der Waals surface area contributed by atoms with Crippen LogP contribution in [-0.2, 0) is 10.0 Å². The third-order valence-electron chi connectivity index (χ3n) is 2.16. The lowest BCUT2D eigenvalue weighted by Crippen LogP contribution is -2.17. The summed E-state index contributed by atoms with van der Waals surface area (Å²) in [6.45, 7) is 0. The smallest absolute Gasteiger partial charge is 0.277 e. The van der Waals surface area contributed by atoms with Gasteiger partial charge in [0.2, 0.25) is 10.0 Å². The molecule has 0 aliphatic rings. The van der Waals surface area contributed by atoms with E-state index in [9.17, 15) is 18.5 Å². The monoisotopic (exact) mass is 292 g/mol. The molecular weight excluding hydrogens is 280 g/mol. The van der Waals surface area contributed by atoms with Crippen LogP contribution in [0.15, 0.2) is 24.3 Å². The highest BCUT2D eigenvalue weighted by molar-refractivity contribution is 7.92. The quantitative estimate of drug-likeness (QED) is 0.361. The van der Waals surface area contributed by atoms with Gasteiger partial charge in [-0.25, -0.2) is 8.42 Å². The molecule has 0 bridgehead atoms. The lowest BCUT2D eigenvalue weighted by Gasteiger charge is -2.07. The van der Waals surface area contributed by atoms with Crippen molar-refractivity contribution in [1.82, 2.24) is 0 Å². The maximum Gasteiger partial charge on any atom is 0.293 e. The number of hydrogen-bond donors (Lipinski definition) is 1. The molecule has 0 saturated heterocycles. The zero-order valence-corrected chi connectivity index (χ0v) is 11.1. The van der Waals surface area contributed by atoms with E-state index in [1.165, 1.54) is 24.3 Å². The number of unbranched alkanes of at least 4 members (excludes halogenated alkanes) is 1. The Balaban J connectivity index is 2.81. The van der Waals surface area contributed by atoms with Crippen molar-refractivity contribution < 1.29 is 13.3 Å².